The Balaban J connectivity index is 0.000000186. The number of aromatic amines is 2. The number of nitrogens with two attached hydrogens (primary N) is 1. The van der Waals surface area contributed by atoms with E-state index in [0.29, 0.717) is 203 Å². The third-order valence-electron chi connectivity index (χ3n) is 24.9. The number of piperidine rings is 2. The molecule has 8 heterocycles. The van der Waals surface area contributed by atoms with Crippen LogP contribution in [-0.2, 0) is 51.1 Å². The van der Waals surface area contributed by atoms with Crippen LogP contribution in [-0.4, -0.2) is 249 Å². The van der Waals surface area contributed by atoms with E-state index >= 15 is 0 Å². The van der Waals surface area contributed by atoms with Gasteiger partial charge in [0.1, 0.15) is 35.4 Å². The van der Waals surface area contributed by atoms with E-state index in [-0.39, 0.29) is 96.1 Å². The number of carboxylic acids is 1. The molecule has 6 aliphatic rings. The first-order valence-electron chi connectivity index (χ1n) is 46.8. The van der Waals surface area contributed by atoms with E-state index in [1.54, 1.807) is 36.4 Å². The highest BCUT2D eigenvalue weighted by Gasteiger charge is 2.33. The summed E-state index contributed by atoms with van der Waals surface area (Å²) in [6.07, 6.45) is 11.2. The third-order valence-corrected chi connectivity index (χ3v) is 24.9. The highest BCUT2D eigenvalue weighted by Crippen LogP contribution is 2.34. The van der Waals surface area contributed by atoms with Crippen LogP contribution in [0.4, 0.5) is 63.3 Å². The molecular weight excluding hydrogens is 1800 g/mol. The topological polar surface area (TPSA) is 472 Å². The molecular formula is C100H114F4N20O15. The lowest BCUT2D eigenvalue weighted by Crippen LogP contribution is -2.52. The number of amides is 9. The minimum absolute atomic E-state index is 0.0240. The van der Waals surface area contributed by atoms with E-state index in [2.05, 4.69) is 93.6 Å². The van der Waals surface area contributed by atoms with Gasteiger partial charge >= 0.3 is 5.97 Å². The van der Waals surface area contributed by atoms with Crippen LogP contribution in [0.1, 0.15) is 174 Å². The second-order valence-corrected chi connectivity index (χ2v) is 35.1. The normalized spacial score (nSPS) is 16.6. The number of aliphatic carboxylic acids is 1. The summed E-state index contributed by atoms with van der Waals surface area (Å²) in [6, 6.07) is 37.7. The van der Waals surface area contributed by atoms with Crippen molar-refractivity contribution in [2.45, 2.75) is 127 Å². The number of unbranched alkanes of at least 4 members (excludes halogenated alkanes) is 4. The molecule has 10 aromatic rings. The van der Waals surface area contributed by atoms with Crippen molar-refractivity contribution in [2.24, 2.45) is 5.73 Å². The first-order chi connectivity index (χ1) is 67.3. The van der Waals surface area contributed by atoms with E-state index in [1.165, 1.54) is 30.3 Å². The molecule has 0 bridgehead atoms. The SMILES string of the molecule is NCCCCCNc1ccc(C(=O)NC2CCC(=O)NC2=O)c(C=O)c1.O=C(O)CN1CCN(c2ccc(C(=O)Nc3n[nH]c4ccc(Cc5cc(F)cc(F)c5)cc34)c(NC3CCOCC3)c2)CC1.O=Cc1cc(NCCCCCNC(=O)CN2CCN(c3ccc(C(=O)Nc4n[nH]c5ccc(Cc6cc(F)cc(F)c6)cc45)c(NC4CCOCC4)c3)CC2)ccc1C(=O)NC1CCC(=O)NC1=O. The summed E-state index contributed by atoms with van der Waals surface area (Å²) in [5.41, 5.74) is 15.9. The minimum atomic E-state index is -0.844. The molecule has 39 heteroatoms. The monoisotopic (exact) mass is 1910 g/mol. The zero-order chi connectivity index (χ0) is 97.9. The van der Waals surface area contributed by atoms with E-state index in [0.717, 1.165) is 111 Å². The number of imide groups is 2. The molecule has 0 radical (unpaired) electrons. The maximum Gasteiger partial charge on any atom is 0.317 e. The first-order valence-corrected chi connectivity index (χ1v) is 46.8. The van der Waals surface area contributed by atoms with Gasteiger partial charge in [0, 0.05) is 203 Å². The van der Waals surface area contributed by atoms with Crippen molar-refractivity contribution >= 4 is 139 Å². The van der Waals surface area contributed by atoms with Gasteiger partial charge in [0.15, 0.2) is 24.2 Å². The third kappa shape index (κ3) is 28.6. The highest BCUT2D eigenvalue weighted by molar-refractivity contribution is 6.13. The number of benzene rings is 8. The predicted octanol–water partition coefficient (Wildman–Crippen LogP) is 10.2. The average molecular weight is 1910 g/mol. The lowest BCUT2D eigenvalue weighted by atomic mass is 10.0. The summed E-state index contributed by atoms with van der Waals surface area (Å²) in [7, 11) is 0. The Kier molecular flexibility index (Phi) is 35.4. The Bertz CT molecular complexity index is 6070. The van der Waals surface area contributed by atoms with Crippen molar-refractivity contribution in [2.75, 3.05) is 160 Å². The number of rotatable bonds is 37. The lowest BCUT2D eigenvalue weighted by molar-refractivity contribution is -0.138. The number of H-pyrrole nitrogens is 2. The maximum absolute atomic E-state index is 14.0. The van der Waals surface area contributed by atoms with Crippen LogP contribution in [0.25, 0.3) is 21.8 Å². The summed E-state index contributed by atoms with van der Waals surface area (Å²) in [4.78, 5) is 155. The van der Waals surface area contributed by atoms with Crippen molar-refractivity contribution in [1.82, 2.24) is 56.8 Å². The molecule has 2 unspecified atom stereocenters. The number of ether oxygens (including phenoxy) is 2. The highest BCUT2D eigenvalue weighted by atomic mass is 19.1. The average Bonchev–Trinajstić information content (AvgIpc) is 1.59. The fourth-order valence-corrected chi connectivity index (χ4v) is 17.4. The van der Waals surface area contributed by atoms with E-state index in [9.17, 15) is 75.1 Å². The number of hydrogen-bond donors (Lipinski definition) is 15. The number of aldehydes is 2. The molecule has 9 amide bonds. The van der Waals surface area contributed by atoms with E-state index in [4.69, 9.17) is 20.3 Å². The summed E-state index contributed by atoms with van der Waals surface area (Å²) in [5.74, 6) is -6.31. The number of anilines is 8. The van der Waals surface area contributed by atoms with Gasteiger partial charge in [-0.1, -0.05) is 18.6 Å². The van der Waals surface area contributed by atoms with Gasteiger partial charge in [0.25, 0.3) is 23.6 Å². The number of fused-ring (bicyclic) bond motifs is 2. The summed E-state index contributed by atoms with van der Waals surface area (Å²) >= 11 is 0. The zero-order valence-corrected chi connectivity index (χ0v) is 76.8. The second-order valence-electron chi connectivity index (χ2n) is 35.1. The molecule has 0 saturated carbocycles. The van der Waals surface area contributed by atoms with Crippen molar-refractivity contribution in [3.05, 3.63) is 224 Å². The predicted molar refractivity (Wildman–Crippen MR) is 517 cm³/mol. The van der Waals surface area contributed by atoms with Crippen molar-refractivity contribution < 1.29 is 89.7 Å². The van der Waals surface area contributed by atoms with E-state index < -0.39 is 65.0 Å². The van der Waals surface area contributed by atoms with Gasteiger partial charge in [0.2, 0.25) is 29.5 Å². The number of carboxylic acid groups (broad SMARTS) is 1. The van der Waals surface area contributed by atoms with Crippen LogP contribution in [0.5, 0.6) is 0 Å². The second kappa shape index (κ2) is 49.0. The van der Waals surface area contributed by atoms with Crippen molar-refractivity contribution in [1.29, 1.82) is 0 Å². The summed E-state index contributed by atoms with van der Waals surface area (Å²) in [6.45, 7) is 10.8. The molecule has 16 N–H and O–H groups in total. The van der Waals surface area contributed by atoms with Gasteiger partial charge in [-0.3, -0.25) is 88.2 Å². The number of carbonyl (C=O) groups excluding carboxylic acids is 11. The molecule has 6 fully saturated rings. The number of hydrogen-bond acceptors (Lipinski definition) is 25. The molecule has 16 rings (SSSR count). The molecule has 2 aromatic heterocycles. The first kappa shape index (κ1) is 100. The molecule has 0 aliphatic carbocycles. The Hall–Kier alpha value is -14.5. The molecule has 0 spiro atoms. The van der Waals surface area contributed by atoms with Crippen molar-refractivity contribution in [3.63, 3.8) is 0 Å². The quantitative estimate of drug-likeness (QED) is 0.00744. The largest absolute Gasteiger partial charge is 0.480 e. The number of nitrogens with zero attached hydrogens (tertiary/aromatic N) is 6. The molecule has 2 atom stereocenters. The maximum atomic E-state index is 14.0. The zero-order valence-electron chi connectivity index (χ0n) is 76.8. The molecule has 6 aliphatic heterocycles. The van der Waals surface area contributed by atoms with Crippen LogP contribution in [0.15, 0.2) is 146 Å². The minimum Gasteiger partial charge on any atom is -0.480 e. The number of halogens is 4. The van der Waals surface area contributed by atoms with Crippen LogP contribution in [0.2, 0.25) is 0 Å². The molecule has 732 valence electrons. The number of piperazine rings is 2. The Morgan fingerprint density at radius 2 is 0.856 bits per heavy atom. The van der Waals surface area contributed by atoms with Gasteiger partial charge in [-0.15, -0.1) is 0 Å². The van der Waals surface area contributed by atoms with Gasteiger partial charge < -0.3 is 78.0 Å². The smallest absolute Gasteiger partial charge is 0.317 e. The molecule has 35 nitrogen and oxygen atoms in total. The summed E-state index contributed by atoms with van der Waals surface area (Å²) in [5, 5.41) is 57.2. The number of aromatic nitrogens is 4. The Labute approximate surface area is 798 Å². The van der Waals surface area contributed by atoms with Gasteiger partial charge in [-0.2, -0.15) is 10.2 Å². The fraction of sp³-hybridized carbons (Fsp3) is 0.380. The van der Waals surface area contributed by atoms with Gasteiger partial charge in [-0.05, 0) is 234 Å². The number of nitrogens with one attached hydrogen (secondary N) is 13. The van der Waals surface area contributed by atoms with Crippen LogP contribution in [0, 0.1) is 23.3 Å². The lowest BCUT2D eigenvalue weighted by Gasteiger charge is -2.36. The molecule has 8 aromatic carbocycles. The summed E-state index contributed by atoms with van der Waals surface area (Å²) < 4.78 is 66.3. The fourth-order valence-electron chi connectivity index (χ4n) is 17.4. The molecule has 139 heavy (non-hydrogen) atoms. The van der Waals surface area contributed by atoms with Crippen molar-refractivity contribution in [3.8, 4) is 0 Å². The Morgan fingerprint density at radius 3 is 1.27 bits per heavy atom. The Morgan fingerprint density at radius 1 is 0.446 bits per heavy atom. The van der Waals surface area contributed by atoms with Crippen LogP contribution in [0.3, 0.4) is 0 Å². The van der Waals surface area contributed by atoms with Gasteiger partial charge in [-0.25, -0.2) is 17.6 Å². The van der Waals surface area contributed by atoms with Crippen LogP contribution >= 0.6 is 0 Å². The van der Waals surface area contributed by atoms with E-state index in [1.807, 2.05) is 71.6 Å². The number of carbonyl (C=O) groups is 12. The standard InChI is InChI=1S/C50H56F2N10O7.C32H34F2N6O4.C18H24N4O4/c51-34-23-32(24-35(52)27-34)22-31-4-9-42-41(25-31)47(60-59-42)58-49(67)40-8-6-38(28-44(40)55-36-12-20-69-21-13-36)62-18-16-61(17-19-62)29-46(65)54-15-3-1-2-14-53-37-5-7-39(33(26-37)30-63)48(66)56-43-10-11-45(64)57-50(43)68;33-22-14-21(15-23(34)17-22)13-20-1-4-28-27(16-20)31(38-37-28)36-32(43)26-3-2-25(18-29(26)35-24-5-11-44-12-6-24)40-9-7-39(8-10-40)19-30(41)42;19-8-2-1-3-9-20-13-4-5-14(12(10-13)11-23)17(25)21-15-6-7-16(24)22-18(15)26/h4-9,23-28,30,36,43,53,55H,1-3,10-22,29H2,(H,54,65)(H,56,66)(H,57,64,68)(H2,58,59,60,67);1-4,14-18,24,35H,5-13,19H2,(H,41,42)(H2,36,37,38,43);4-5,10-11,15,20H,1-3,6-9,19H2,(H,21,25)(H,22,24,26). The van der Waals surface area contributed by atoms with Gasteiger partial charge in [0.05, 0.1) is 35.2 Å². The molecule has 6 saturated heterocycles. The van der Waals surface area contributed by atoms with Crippen LogP contribution < -0.4 is 74.0 Å².